The van der Waals surface area contributed by atoms with Crippen molar-refractivity contribution in [2.75, 3.05) is 6.54 Å². The Balaban J connectivity index is 1.69. The molecule has 0 spiro atoms. The van der Waals surface area contributed by atoms with Crippen LogP contribution >= 0.6 is 0 Å². The van der Waals surface area contributed by atoms with Crippen LogP contribution in [0.5, 0.6) is 0 Å². The lowest BCUT2D eigenvalue weighted by Gasteiger charge is -2.14. The van der Waals surface area contributed by atoms with E-state index in [4.69, 9.17) is 0 Å². The van der Waals surface area contributed by atoms with Gasteiger partial charge in [-0.1, -0.05) is 18.2 Å². The summed E-state index contributed by atoms with van der Waals surface area (Å²) < 4.78 is 38.2. The Labute approximate surface area is 161 Å². The molecule has 0 bridgehead atoms. The van der Waals surface area contributed by atoms with Crippen molar-refractivity contribution in [1.82, 2.24) is 10.2 Å². The van der Waals surface area contributed by atoms with Gasteiger partial charge in [-0.3, -0.25) is 29.4 Å². The Kier molecular flexibility index (Phi) is 5.06. The molecule has 3 amide bonds. The summed E-state index contributed by atoms with van der Waals surface area (Å²) in [5.41, 5.74) is -1.83. The number of benzene rings is 2. The van der Waals surface area contributed by atoms with E-state index in [-0.39, 0.29) is 17.7 Å². The van der Waals surface area contributed by atoms with E-state index in [1.54, 1.807) is 0 Å². The van der Waals surface area contributed by atoms with E-state index in [0.29, 0.717) is 4.90 Å². The van der Waals surface area contributed by atoms with Crippen molar-refractivity contribution in [2.45, 2.75) is 12.7 Å². The second kappa shape index (κ2) is 7.34. The highest BCUT2D eigenvalue weighted by molar-refractivity contribution is 6.24. The van der Waals surface area contributed by atoms with E-state index >= 15 is 0 Å². The maximum atomic E-state index is 12.7. The Bertz CT molecular complexity index is 1040. The topological polar surface area (TPSA) is 110 Å². The summed E-state index contributed by atoms with van der Waals surface area (Å²) in [7, 11) is 0. The largest absolute Gasteiger partial charge is 0.416 e. The third-order valence-electron chi connectivity index (χ3n) is 4.22. The molecule has 11 heteroatoms. The van der Waals surface area contributed by atoms with Crippen LogP contribution < -0.4 is 5.32 Å². The Morgan fingerprint density at radius 3 is 2.45 bits per heavy atom. The molecule has 8 nitrogen and oxygen atoms in total. The number of hydrogen-bond acceptors (Lipinski definition) is 5. The lowest BCUT2D eigenvalue weighted by Crippen LogP contribution is -2.40. The molecule has 0 aliphatic carbocycles. The van der Waals surface area contributed by atoms with E-state index in [9.17, 15) is 37.7 Å². The monoisotopic (exact) mass is 407 g/mol. The smallest absolute Gasteiger partial charge is 0.350 e. The highest BCUT2D eigenvalue weighted by atomic mass is 19.4. The van der Waals surface area contributed by atoms with Gasteiger partial charge in [-0.25, -0.2) is 0 Å². The zero-order valence-corrected chi connectivity index (χ0v) is 14.5. The lowest BCUT2D eigenvalue weighted by atomic mass is 10.1. The van der Waals surface area contributed by atoms with Crippen LogP contribution in [0.2, 0.25) is 0 Å². The van der Waals surface area contributed by atoms with Crippen LogP contribution in [-0.4, -0.2) is 34.1 Å². The first-order valence-electron chi connectivity index (χ1n) is 8.16. The number of imide groups is 1. The summed E-state index contributed by atoms with van der Waals surface area (Å²) in [4.78, 5) is 47.6. The van der Waals surface area contributed by atoms with Gasteiger partial charge in [-0.2, -0.15) is 13.2 Å². The van der Waals surface area contributed by atoms with Crippen molar-refractivity contribution in [3.63, 3.8) is 0 Å². The highest BCUT2D eigenvalue weighted by Gasteiger charge is 2.41. The highest BCUT2D eigenvalue weighted by Crippen LogP contribution is 2.31. The first-order valence-corrected chi connectivity index (χ1v) is 8.16. The number of fused-ring (bicyclic) bond motifs is 1. The molecule has 0 saturated heterocycles. The number of hydrogen-bond donors (Lipinski definition) is 1. The van der Waals surface area contributed by atoms with Gasteiger partial charge in [0.2, 0.25) is 5.91 Å². The molecule has 1 aliphatic heterocycles. The molecule has 0 aromatic heterocycles. The minimum Gasteiger partial charge on any atom is -0.350 e. The molecule has 29 heavy (non-hydrogen) atoms. The third kappa shape index (κ3) is 3.93. The van der Waals surface area contributed by atoms with Gasteiger partial charge in [0.15, 0.2) is 0 Å². The molecule has 2 aromatic carbocycles. The van der Waals surface area contributed by atoms with Crippen molar-refractivity contribution < 1.29 is 32.5 Å². The molecule has 1 aliphatic rings. The SMILES string of the molecule is O=C(CN1C(=O)c2cccc([N+](=O)[O-])c2C1=O)NCc1cccc(C(F)(F)F)c1. The Morgan fingerprint density at radius 1 is 1.10 bits per heavy atom. The Hall–Kier alpha value is -3.76. The predicted octanol–water partition coefficient (Wildman–Crippen LogP) is 2.53. The van der Waals surface area contributed by atoms with Gasteiger partial charge in [0.25, 0.3) is 17.5 Å². The summed E-state index contributed by atoms with van der Waals surface area (Å²) in [6.07, 6.45) is -4.53. The van der Waals surface area contributed by atoms with Crippen LogP contribution in [0, 0.1) is 10.1 Å². The standard InChI is InChI=1S/C18H12F3N3O5/c19-18(20,21)11-4-1-3-10(7-11)8-22-14(25)9-23-16(26)12-5-2-6-13(24(28)29)15(12)17(23)27/h1-7H,8-9H2,(H,22,25). The van der Waals surface area contributed by atoms with Crippen molar-refractivity contribution in [2.24, 2.45) is 0 Å². The average molecular weight is 407 g/mol. The summed E-state index contributed by atoms with van der Waals surface area (Å²) >= 11 is 0. The quantitative estimate of drug-likeness (QED) is 0.465. The van der Waals surface area contributed by atoms with Crippen molar-refractivity contribution in [3.8, 4) is 0 Å². The summed E-state index contributed by atoms with van der Waals surface area (Å²) in [5, 5.41) is 13.4. The predicted molar refractivity (Wildman–Crippen MR) is 91.8 cm³/mol. The molecule has 0 unspecified atom stereocenters. The van der Waals surface area contributed by atoms with Gasteiger partial charge in [0.05, 0.1) is 16.1 Å². The van der Waals surface area contributed by atoms with Gasteiger partial charge in [0, 0.05) is 12.6 Å². The number of carbonyl (C=O) groups excluding carboxylic acids is 3. The van der Waals surface area contributed by atoms with E-state index in [1.165, 1.54) is 24.3 Å². The molecular formula is C18H12F3N3O5. The Morgan fingerprint density at radius 2 is 1.79 bits per heavy atom. The zero-order chi connectivity index (χ0) is 21.3. The second-order valence-corrected chi connectivity index (χ2v) is 6.13. The summed E-state index contributed by atoms with van der Waals surface area (Å²) in [5.74, 6) is -2.64. The number of halogens is 3. The molecule has 0 fully saturated rings. The summed E-state index contributed by atoms with van der Waals surface area (Å²) in [6, 6.07) is 7.88. The molecular weight excluding hydrogens is 395 g/mol. The minimum atomic E-state index is -4.53. The van der Waals surface area contributed by atoms with Gasteiger partial charge >= 0.3 is 6.18 Å². The van der Waals surface area contributed by atoms with Crippen molar-refractivity contribution in [1.29, 1.82) is 0 Å². The fourth-order valence-electron chi connectivity index (χ4n) is 2.87. The number of nitro benzene ring substituents is 1. The minimum absolute atomic E-state index is 0.172. The van der Waals surface area contributed by atoms with Crippen LogP contribution in [0.3, 0.4) is 0 Å². The van der Waals surface area contributed by atoms with Crippen LogP contribution in [0.25, 0.3) is 0 Å². The molecule has 1 heterocycles. The number of rotatable bonds is 5. The molecule has 3 rings (SSSR count). The number of nitrogens with zero attached hydrogens (tertiary/aromatic N) is 2. The van der Waals surface area contributed by atoms with Gasteiger partial charge < -0.3 is 5.32 Å². The number of amides is 3. The fraction of sp³-hybridized carbons (Fsp3) is 0.167. The zero-order valence-electron chi connectivity index (χ0n) is 14.5. The van der Waals surface area contributed by atoms with Crippen LogP contribution in [0.1, 0.15) is 31.8 Å². The first kappa shape index (κ1) is 20.0. The molecule has 0 radical (unpaired) electrons. The van der Waals surface area contributed by atoms with Gasteiger partial charge in [-0.15, -0.1) is 0 Å². The van der Waals surface area contributed by atoms with Gasteiger partial charge in [0.1, 0.15) is 12.1 Å². The van der Waals surface area contributed by atoms with E-state index in [2.05, 4.69) is 5.32 Å². The van der Waals surface area contributed by atoms with Crippen molar-refractivity contribution >= 4 is 23.4 Å². The fourth-order valence-corrected chi connectivity index (χ4v) is 2.87. The van der Waals surface area contributed by atoms with Crippen LogP contribution in [-0.2, 0) is 17.5 Å². The van der Waals surface area contributed by atoms with E-state index in [0.717, 1.165) is 18.2 Å². The maximum Gasteiger partial charge on any atom is 0.416 e. The first-order chi connectivity index (χ1) is 13.6. The lowest BCUT2D eigenvalue weighted by molar-refractivity contribution is -0.385. The number of nitro groups is 1. The van der Waals surface area contributed by atoms with E-state index in [1.807, 2.05) is 0 Å². The molecule has 150 valence electrons. The molecule has 2 aromatic rings. The number of nitrogens with one attached hydrogen (secondary N) is 1. The van der Waals surface area contributed by atoms with E-state index < -0.39 is 52.2 Å². The third-order valence-corrected chi connectivity index (χ3v) is 4.22. The van der Waals surface area contributed by atoms with Crippen LogP contribution in [0.4, 0.5) is 18.9 Å². The molecule has 0 atom stereocenters. The van der Waals surface area contributed by atoms with Crippen LogP contribution in [0.15, 0.2) is 42.5 Å². The van der Waals surface area contributed by atoms with Crippen molar-refractivity contribution in [3.05, 3.63) is 74.8 Å². The normalized spacial score (nSPS) is 13.4. The number of alkyl halides is 3. The molecule has 0 saturated carbocycles. The second-order valence-electron chi connectivity index (χ2n) is 6.13. The number of carbonyl (C=O) groups is 3. The van der Waals surface area contributed by atoms with Gasteiger partial charge in [-0.05, 0) is 23.8 Å². The maximum absolute atomic E-state index is 12.7. The molecule has 1 N–H and O–H groups in total. The average Bonchev–Trinajstić information content (AvgIpc) is 2.91. The summed E-state index contributed by atoms with van der Waals surface area (Å²) in [6.45, 7) is -0.978.